The number of ether oxygens (including phenoxy) is 4. The molecular formula is C28H26O8. The van der Waals surface area contributed by atoms with E-state index < -0.39 is 11.9 Å². The maximum Gasteiger partial charge on any atom is 0.336 e. The van der Waals surface area contributed by atoms with E-state index in [1.54, 1.807) is 54.6 Å². The third-order valence-electron chi connectivity index (χ3n) is 5.13. The molecule has 0 spiro atoms. The molecule has 0 amide bonds. The summed E-state index contributed by atoms with van der Waals surface area (Å²) in [6, 6.07) is 14.4. The van der Waals surface area contributed by atoms with Gasteiger partial charge >= 0.3 is 11.9 Å². The Bertz CT molecular complexity index is 1310. The third kappa shape index (κ3) is 7.14. The van der Waals surface area contributed by atoms with Gasteiger partial charge in [0, 0.05) is 12.2 Å². The second-order valence-corrected chi connectivity index (χ2v) is 7.65. The van der Waals surface area contributed by atoms with E-state index in [4.69, 9.17) is 18.9 Å². The highest BCUT2D eigenvalue weighted by atomic mass is 16.5. The molecule has 3 aromatic rings. The first kappa shape index (κ1) is 25.9. The van der Waals surface area contributed by atoms with E-state index in [2.05, 4.69) is 0 Å². The summed E-state index contributed by atoms with van der Waals surface area (Å²) < 4.78 is 20.7. The summed E-state index contributed by atoms with van der Waals surface area (Å²) >= 11 is 0. The lowest BCUT2D eigenvalue weighted by molar-refractivity contribution is -0.139. The minimum atomic E-state index is -0.573. The molecule has 8 nitrogen and oxygen atoms in total. The lowest BCUT2D eigenvalue weighted by Gasteiger charge is -2.09. The minimum Gasteiger partial charge on any atom is -0.504 e. The Morgan fingerprint density at radius 3 is 1.86 bits per heavy atom. The van der Waals surface area contributed by atoms with E-state index >= 15 is 0 Å². The zero-order valence-corrected chi connectivity index (χ0v) is 20.1. The van der Waals surface area contributed by atoms with Crippen molar-refractivity contribution in [3.63, 3.8) is 0 Å². The first-order valence-corrected chi connectivity index (χ1v) is 10.9. The SMILES string of the molecule is COc1cc(/C=C/C(=O)OCc2ccc(OC(=O)/C=C/c3ccc(O)c(OC)c3)cc2C)ccc1O. The van der Waals surface area contributed by atoms with Gasteiger partial charge in [0.1, 0.15) is 12.4 Å². The van der Waals surface area contributed by atoms with Gasteiger partial charge in [-0.05, 0) is 77.7 Å². The quantitative estimate of drug-likeness (QED) is 0.250. The summed E-state index contributed by atoms with van der Waals surface area (Å²) in [5.74, 6) is -0.138. The third-order valence-corrected chi connectivity index (χ3v) is 5.13. The summed E-state index contributed by atoms with van der Waals surface area (Å²) in [5, 5.41) is 19.3. The zero-order chi connectivity index (χ0) is 26.1. The molecule has 0 heterocycles. The second-order valence-electron chi connectivity index (χ2n) is 7.65. The maximum absolute atomic E-state index is 12.2. The van der Waals surface area contributed by atoms with Gasteiger partial charge in [-0.25, -0.2) is 9.59 Å². The number of phenols is 2. The number of methoxy groups -OCH3 is 2. The average molecular weight is 491 g/mol. The van der Waals surface area contributed by atoms with Crippen LogP contribution in [0.15, 0.2) is 66.7 Å². The lowest BCUT2D eigenvalue weighted by atomic mass is 10.1. The fraction of sp³-hybridized carbons (Fsp3) is 0.143. The maximum atomic E-state index is 12.2. The van der Waals surface area contributed by atoms with E-state index in [1.165, 1.54) is 38.5 Å². The Balaban J connectivity index is 1.54. The van der Waals surface area contributed by atoms with Crippen LogP contribution in [-0.2, 0) is 20.9 Å². The molecule has 0 fully saturated rings. The number of phenolic OH excluding ortho intramolecular Hbond substituents is 2. The number of aryl methyl sites for hydroxylation is 1. The molecule has 3 aromatic carbocycles. The largest absolute Gasteiger partial charge is 0.504 e. The molecule has 0 saturated carbocycles. The Morgan fingerprint density at radius 1 is 0.778 bits per heavy atom. The average Bonchev–Trinajstić information content (AvgIpc) is 2.87. The van der Waals surface area contributed by atoms with Crippen molar-refractivity contribution < 1.29 is 38.7 Å². The van der Waals surface area contributed by atoms with Crippen LogP contribution in [-0.4, -0.2) is 36.4 Å². The van der Waals surface area contributed by atoms with Gasteiger partial charge in [0.05, 0.1) is 14.2 Å². The minimum absolute atomic E-state index is 0.00695. The number of benzene rings is 3. The van der Waals surface area contributed by atoms with Gasteiger partial charge in [-0.2, -0.15) is 0 Å². The molecule has 0 atom stereocenters. The van der Waals surface area contributed by atoms with Gasteiger partial charge in [0.15, 0.2) is 23.0 Å². The molecule has 0 radical (unpaired) electrons. The standard InChI is InChI=1S/C28H26O8/c1-18-14-22(36-28(32)13-7-20-5-11-24(30)26(16-20)34-3)9-8-21(18)17-35-27(31)12-6-19-4-10-23(29)25(15-19)33-2/h4-16,29-30H,17H2,1-3H3/b12-6+,13-7+. The predicted octanol–water partition coefficient (Wildman–Crippen LogP) is 4.80. The van der Waals surface area contributed by atoms with E-state index in [1.807, 2.05) is 6.92 Å². The van der Waals surface area contributed by atoms with Gasteiger partial charge in [-0.3, -0.25) is 0 Å². The normalized spacial score (nSPS) is 11.0. The fourth-order valence-corrected chi connectivity index (χ4v) is 3.17. The van der Waals surface area contributed by atoms with Crippen molar-refractivity contribution in [2.24, 2.45) is 0 Å². The summed E-state index contributed by atoms with van der Waals surface area (Å²) in [4.78, 5) is 24.3. The molecule has 2 N–H and O–H groups in total. The van der Waals surface area contributed by atoms with E-state index in [9.17, 15) is 19.8 Å². The molecule has 0 aromatic heterocycles. The molecule has 0 unspecified atom stereocenters. The molecule has 0 saturated heterocycles. The Labute approximate surface area is 208 Å². The molecular weight excluding hydrogens is 464 g/mol. The van der Waals surface area contributed by atoms with Crippen LogP contribution >= 0.6 is 0 Å². The van der Waals surface area contributed by atoms with E-state index in [0.29, 0.717) is 28.4 Å². The summed E-state index contributed by atoms with van der Waals surface area (Å²) in [5.41, 5.74) is 2.87. The number of rotatable bonds is 9. The van der Waals surface area contributed by atoms with Crippen molar-refractivity contribution in [3.8, 4) is 28.7 Å². The molecule has 0 aliphatic carbocycles. The molecule has 0 bridgehead atoms. The molecule has 186 valence electrons. The Morgan fingerprint density at radius 2 is 1.33 bits per heavy atom. The lowest BCUT2D eigenvalue weighted by Crippen LogP contribution is -2.05. The van der Waals surface area contributed by atoms with Crippen LogP contribution in [0.1, 0.15) is 22.3 Å². The van der Waals surface area contributed by atoms with Crippen molar-refractivity contribution in [1.29, 1.82) is 0 Å². The van der Waals surface area contributed by atoms with Crippen LogP contribution in [0.3, 0.4) is 0 Å². The predicted molar refractivity (Wildman–Crippen MR) is 134 cm³/mol. The molecule has 0 aliphatic rings. The van der Waals surface area contributed by atoms with E-state index in [-0.39, 0.29) is 18.1 Å². The zero-order valence-electron chi connectivity index (χ0n) is 20.1. The summed E-state index contributed by atoms with van der Waals surface area (Å²) in [7, 11) is 2.88. The van der Waals surface area contributed by atoms with Gasteiger partial charge in [-0.1, -0.05) is 18.2 Å². The van der Waals surface area contributed by atoms with Crippen LogP contribution in [0.25, 0.3) is 12.2 Å². The summed E-state index contributed by atoms with van der Waals surface area (Å²) in [6.07, 6.45) is 5.66. The monoisotopic (exact) mass is 490 g/mol. The molecule has 0 aliphatic heterocycles. The van der Waals surface area contributed by atoms with Crippen LogP contribution in [0.4, 0.5) is 0 Å². The summed E-state index contributed by atoms with van der Waals surface area (Å²) in [6.45, 7) is 1.86. The van der Waals surface area contributed by atoms with E-state index in [0.717, 1.165) is 11.1 Å². The van der Waals surface area contributed by atoms with Crippen LogP contribution in [0, 0.1) is 6.92 Å². The van der Waals surface area contributed by atoms with Crippen LogP contribution < -0.4 is 14.2 Å². The van der Waals surface area contributed by atoms with Crippen molar-refractivity contribution in [3.05, 3.63) is 89.0 Å². The van der Waals surface area contributed by atoms with Gasteiger partial charge in [0.25, 0.3) is 0 Å². The topological polar surface area (TPSA) is 112 Å². The Hall–Kier alpha value is -4.72. The number of aromatic hydroxyl groups is 2. The van der Waals surface area contributed by atoms with Crippen LogP contribution in [0.2, 0.25) is 0 Å². The number of esters is 2. The van der Waals surface area contributed by atoms with Gasteiger partial charge in [-0.15, -0.1) is 0 Å². The highest BCUT2D eigenvalue weighted by Gasteiger charge is 2.08. The highest BCUT2D eigenvalue weighted by molar-refractivity contribution is 5.89. The second kappa shape index (κ2) is 12.1. The first-order chi connectivity index (χ1) is 17.3. The van der Waals surface area contributed by atoms with Crippen LogP contribution in [0.5, 0.6) is 28.7 Å². The molecule has 3 rings (SSSR count). The number of carbonyl (C=O) groups is 2. The fourth-order valence-electron chi connectivity index (χ4n) is 3.17. The van der Waals surface area contributed by atoms with Crippen molar-refractivity contribution >= 4 is 24.1 Å². The van der Waals surface area contributed by atoms with Crippen molar-refractivity contribution in [2.75, 3.05) is 14.2 Å². The molecule has 36 heavy (non-hydrogen) atoms. The Kier molecular flexibility index (Phi) is 8.72. The highest BCUT2D eigenvalue weighted by Crippen LogP contribution is 2.27. The van der Waals surface area contributed by atoms with Gasteiger partial charge < -0.3 is 29.2 Å². The number of hydrogen-bond donors (Lipinski definition) is 2. The van der Waals surface area contributed by atoms with Crippen molar-refractivity contribution in [2.45, 2.75) is 13.5 Å². The molecule has 8 heteroatoms. The van der Waals surface area contributed by atoms with Crippen molar-refractivity contribution in [1.82, 2.24) is 0 Å². The first-order valence-electron chi connectivity index (χ1n) is 10.9. The van der Waals surface area contributed by atoms with Gasteiger partial charge in [0.2, 0.25) is 0 Å². The number of carbonyl (C=O) groups excluding carboxylic acids is 2. The number of hydrogen-bond acceptors (Lipinski definition) is 8. The smallest absolute Gasteiger partial charge is 0.336 e.